The van der Waals surface area contributed by atoms with Crippen molar-refractivity contribution in [3.8, 4) is 6.07 Å². The molecule has 0 saturated heterocycles. The molecule has 0 radical (unpaired) electrons. The number of rotatable bonds is 6. The van der Waals surface area contributed by atoms with Crippen LogP contribution in [0.5, 0.6) is 0 Å². The minimum Gasteiger partial charge on any atom is -0.357 e. The number of hydrogen-bond donors (Lipinski definition) is 3. The van der Waals surface area contributed by atoms with Gasteiger partial charge in [0.1, 0.15) is 5.82 Å². The van der Waals surface area contributed by atoms with Gasteiger partial charge in [-0.1, -0.05) is 6.42 Å². The molecule has 3 N–H and O–H groups in total. The summed E-state index contributed by atoms with van der Waals surface area (Å²) in [5.41, 5.74) is 0.808. The molecule has 2 aliphatic rings. The average molecular weight is 385 g/mol. The van der Waals surface area contributed by atoms with Gasteiger partial charge in [0.25, 0.3) is 0 Å². The van der Waals surface area contributed by atoms with Crippen LogP contribution in [0.1, 0.15) is 56.6 Å². The molecule has 2 unspecified atom stereocenters. The molecule has 2 atom stereocenters. The summed E-state index contributed by atoms with van der Waals surface area (Å²) in [6, 6.07) is 6.86. The van der Waals surface area contributed by atoms with Gasteiger partial charge in [-0.3, -0.25) is 4.79 Å². The maximum atomic E-state index is 14.0. The monoisotopic (exact) mass is 385 g/mol. The van der Waals surface area contributed by atoms with Crippen molar-refractivity contribution in [2.75, 3.05) is 6.54 Å². The lowest BCUT2D eigenvalue weighted by atomic mass is 9.85. The van der Waals surface area contributed by atoms with Crippen LogP contribution in [0.4, 0.5) is 4.39 Å². The third kappa shape index (κ3) is 5.69. The summed E-state index contributed by atoms with van der Waals surface area (Å²) in [6.45, 7) is 2.81. The quantitative estimate of drug-likeness (QED) is 0.519. The van der Waals surface area contributed by atoms with Crippen LogP contribution in [0.25, 0.3) is 0 Å². The summed E-state index contributed by atoms with van der Waals surface area (Å²) in [5.74, 6) is 0.455. The van der Waals surface area contributed by atoms with E-state index in [0.717, 1.165) is 38.5 Å². The van der Waals surface area contributed by atoms with Gasteiger partial charge in [0.05, 0.1) is 18.2 Å². The summed E-state index contributed by atoms with van der Waals surface area (Å²) in [7, 11) is 0. The fraction of sp³-hybridized carbons (Fsp3) is 0.571. The zero-order valence-electron chi connectivity index (χ0n) is 16.3. The Morgan fingerprint density at radius 3 is 2.79 bits per heavy atom. The first-order chi connectivity index (χ1) is 13.6. The first-order valence-electron chi connectivity index (χ1n) is 10.1. The van der Waals surface area contributed by atoms with E-state index in [2.05, 4.69) is 20.9 Å². The number of hydrogen-bond acceptors (Lipinski definition) is 3. The second kappa shape index (κ2) is 9.54. The molecular formula is C21H28FN5O. The van der Waals surface area contributed by atoms with Gasteiger partial charge in [0.2, 0.25) is 5.91 Å². The summed E-state index contributed by atoms with van der Waals surface area (Å²) >= 11 is 0. The minimum absolute atomic E-state index is 0.0412. The smallest absolute Gasteiger partial charge is 0.223 e. The van der Waals surface area contributed by atoms with Crippen LogP contribution < -0.4 is 16.0 Å². The van der Waals surface area contributed by atoms with Gasteiger partial charge < -0.3 is 16.0 Å². The largest absolute Gasteiger partial charge is 0.357 e. The van der Waals surface area contributed by atoms with E-state index < -0.39 is 0 Å². The molecule has 1 aromatic carbocycles. The first-order valence-corrected chi connectivity index (χ1v) is 10.1. The van der Waals surface area contributed by atoms with E-state index in [1.54, 1.807) is 0 Å². The number of nitrogens with one attached hydrogen (secondary N) is 3. The van der Waals surface area contributed by atoms with Crippen LogP contribution in [0.3, 0.4) is 0 Å². The summed E-state index contributed by atoms with van der Waals surface area (Å²) in [6.07, 6.45) is 5.88. The lowest BCUT2D eigenvalue weighted by Crippen LogP contribution is -2.47. The van der Waals surface area contributed by atoms with Crippen molar-refractivity contribution < 1.29 is 9.18 Å². The maximum Gasteiger partial charge on any atom is 0.223 e. The third-order valence-electron chi connectivity index (χ3n) is 5.24. The molecule has 6 nitrogen and oxygen atoms in total. The SMILES string of the molecule is CCNC(=NCc1cc(C#N)ccc1F)NC1CCCC(C(=O)NC2CC2)C1. The molecule has 0 heterocycles. The number of carbonyl (C=O) groups excluding carboxylic acids is 1. The molecule has 0 aromatic heterocycles. The first kappa shape index (κ1) is 20.1. The van der Waals surface area contributed by atoms with Crippen LogP contribution in [-0.4, -0.2) is 30.5 Å². The van der Waals surface area contributed by atoms with Crippen molar-refractivity contribution in [3.05, 3.63) is 35.1 Å². The van der Waals surface area contributed by atoms with Crippen molar-refractivity contribution in [3.63, 3.8) is 0 Å². The Labute approximate surface area is 165 Å². The highest BCUT2D eigenvalue weighted by Crippen LogP contribution is 2.26. The Balaban J connectivity index is 1.61. The Hall–Kier alpha value is -2.62. The fourth-order valence-corrected chi connectivity index (χ4v) is 3.55. The van der Waals surface area contributed by atoms with Gasteiger partial charge in [-0.25, -0.2) is 9.38 Å². The van der Waals surface area contributed by atoms with Crippen LogP contribution in [-0.2, 0) is 11.3 Å². The molecule has 150 valence electrons. The molecule has 3 rings (SSSR count). The highest BCUT2D eigenvalue weighted by atomic mass is 19.1. The van der Waals surface area contributed by atoms with E-state index in [-0.39, 0.29) is 30.2 Å². The highest BCUT2D eigenvalue weighted by molar-refractivity contribution is 5.81. The highest BCUT2D eigenvalue weighted by Gasteiger charge is 2.31. The summed E-state index contributed by atoms with van der Waals surface area (Å²) in [5, 5.41) is 18.7. The number of halogens is 1. The van der Waals surface area contributed by atoms with E-state index in [1.807, 2.05) is 13.0 Å². The molecule has 0 aliphatic heterocycles. The van der Waals surface area contributed by atoms with E-state index in [4.69, 9.17) is 5.26 Å². The Morgan fingerprint density at radius 1 is 1.25 bits per heavy atom. The number of nitrogens with zero attached hydrogens (tertiary/aromatic N) is 2. The average Bonchev–Trinajstić information content (AvgIpc) is 3.51. The normalized spacial score (nSPS) is 22.2. The number of benzene rings is 1. The van der Waals surface area contributed by atoms with Crippen LogP contribution in [0, 0.1) is 23.1 Å². The maximum absolute atomic E-state index is 14.0. The second-order valence-electron chi connectivity index (χ2n) is 7.60. The second-order valence-corrected chi connectivity index (χ2v) is 7.60. The van der Waals surface area contributed by atoms with Crippen molar-refractivity contribution in [2.45, 2.75) is 64.1 Å². The summed E-state index contributed by atoms with van der Waals surface area (Å²) in [4.78, 5) is 16.8. The standard InChI is InChI=1S/C21H28FN5O/c1-2-24-21(25-13-16-10-14(12-23)6-9-19(16)22)27-18-5-3-4-15(11-18)20(28)26-17-7-8-17/h6,9-10,15,17-18H,2-5,7-8,11,13H2,1H3,(H,26,28)(H2,24,25,27). The van der Waals surface area contributed by atoms with Gasteiger partial charge in [0, 0.05) is 30.1 Å². The fourth-order valence-electron chi connectivity index (χ4n) is 3.55. The number of aliphatic imine (C=N–C) groups is 1. The lowest BCUT2D eigenvalue weighted by molar-refractivity contribution is -0.126. The molecule has 7 heteroatoms. The van der Waals surface area contributed by atoms with Gasteiger partial charge in [-0.15, -0.1) is 0 Å². The predicted molar refractivity (Wildman–Crippen MR) is 106 cm³/mol. The Morgan fingerprint density at radius 2 is 2.07 bits per heavy atom. The van der Waals surface area contributed by atoms with Crippen molar-refractivity contribution in [1.29, 1.82) is 5.26 Å². The van der Waals surface area contributed by atoms with E-state index in [1.165, 1.54) is 18.2 Å². The van der Waals surface area contributed by atoms with E-state index in [9.17, 15) is 9.18 Å². The molecule has 1 amide bonds. The van der Waals surface area contributed by atoms with Crippen molar-refractivity contribution in [1.82, 2.24) is 16.0 Å². The number of amides is 1. The topological polar surface area (TPSA) is 89.3 Å². The Bertz CT molecular complexity index is 769. The van der Waals surface area contributed by atoms with Crippen LogP contribution >= 0.6 is 0 Å². The lowest BCUT2D eigenvalue weighted by Gasteiger charge is -2.30. The van der Waals surface area contributed by atoms with Gasteiger partial charge in [-0.2, -0.15) is 5.26 Å². The third-order valence-corrected chi connectivity index (χ3v) is 5.24. The molecule has 2 fully saturated rings. The minimum atomic E-state index is -0.368. The molecule has 28 heavy (non-hydrogen) atoms. The number of guanidine groups is 1. The molecule has 0 bridgehead atoms. The molecule has 1 aromatic rings. The molecule has 2 aliphatic carbocycles. The molecule has 2 saturated carbocycles. The van der Waals surface area contributed by atoms with E-state index in [0.29, 0.717) is 29.7 Å². The Kier molecular flexibility index (Phi) is 6.85. The molecule has 0 spiro atoms. The van der Waals surface area contributed by atoms with Crippen LogP contribution in [0.2, 0.25) is 0 Å². The van der Waals surface area contributed by atoms with Crippen molar-refractivity contribution >= 4 is 11.9 Å². The molecular weight excluding hydrogens is 357 g/mol. The number of carbonyl (C=O) groups is 1. The predicted octanol–water partition coefficient (Wildman–Crippen LogP) is 2.59. The van der Waals surface area contributed by atoms with Crippen LogP contribution in [0.15, 0.2) is 23.2 Å². The van der Waals surface area contributed by atoms with Gasteiger partial charge in [0.15, 0.2) is 5.96 Å². The van der Waals surface area contributed by atoms with E-state index >= 15 is 0 Å². The zero-order valence-corrected chi connectivity index (χ0v) is 16.3. The summed E-state index contributed by atoms with van der Waals surface area (Å²) < 4.78 is 14.0. The van der Waals surface area contributed by atoms with Gasteiger partial charge in [-0.05, 0) is 57.2 Å². The zero-order chi connectivity index (χ0) is 19.9. The van der Waals surface area contributed by atoms with Gasteiger partial charge >= 0.3 is 0 Å². The number of nitriles is 1. The van der Waals surface area contributed by atoms with Crippen molar-refractivity contribution in [2.24, 2.45) is 10.9 Å².